The Hall–Kier alpha value is -2.20. The first-order chi connectivity index (χ1) is 9.58. The van der Waals surface area contributed by atoms with E-state index in [2.05, 4.69) is 0 Å². The molecular weight excluding hydrogens is 255 g/mol. The van der Waals surface area contributed by atoms with E-state index in [-0.39, 0.29) is 11.7 Å². The lowest BCUT2D eigenvalue weighted by atomic mass is 10.1. The summed E-state index contributed by atoms with van der Waals surface area (Å²) < 4.78 is 13.4. The number of amides is 1. The Kier molecular flexibility index (Phi) is 3.03. The maximum Gasteiger partial charge on any atom is 0.248 e. The second kappa shape index (κ2) is 4.72. The van der Waals surface area contributed by atoms with Crippen LogP contribution >= 0.6 is 0 Å². The largest absolute Gasteiger partial charge is 0.316 e. The maximum absolute atomic E-state index is 13.4. The number of carbonyl (C=O) groups is 1. The van der Waals surface area contributed by atoms with Crippen LogP contribution in [0.3, 0.4) is 0 Å². The van der Waals surface area contributed by atoms with Gasteiger partial charge in [-0.2, -0.15) is 0 Å². The predicted molar refractivity (Wildman–Crippen MR) is 75.7 cm³/mol. The summed E-state index contributed by atoms with van der Waals surface area (Å²) in [6.45, 7) is 2.40. The highest BCUT2D eigenvalue weighted by atomic mass is 19.1. The third kappa shape index (κ3) is 1.98. The molecule has 0 bridgehead atoms. The van der Waals surface area contributed by atoms with Crippen LogP contribution in [0.15, 0.2) is 42.5 Å². The summed E-state index contributed by atoms with van der Waals surface area (Å²) in [6.07, 6.45) is 0. The van der Waals surface area contributed by atoms with Crippen molar-refractivity contribution in [1.29, 1.82) is 0 Å². The van der Waals surface area contributed by atoms with Gasteiger partial charge in [0.2, 0.25) is 5.91 Å². The summed E-state index contributed by atoms with van der Waals surface area (Å²) in [5.74, 6) is -0.547. The molecule has 0 aromatic heterocycles. The SMILES string of the molecule is Cc1ccccc1CN1C(=O)C(N)c2ccc(F)cc21. The number of halogens is 1. The van der Waals surface area contributed by atoms with Crippen LogP contribution < -0.4 is 10.6 Å². The number of aryl methyl sites for hydroxylation is 1. The van der Waals surface area contributed by atoms with Crippen molar-refractivity contribution in [3.05, 3.63) is 65.0 Å². The minimum absolute atomic E-state index is 0.186. The van der Waals surface area contributed by atoms with Crippen LogP contribution in [0.4, 0.5) is 10.1 Å². The zero-order valence-corrected chi connectivity index (χ0v) is 11.1. The third-order valence-electron chi connectivity index (χ3n) is 3.74. The fourth-order valence-electron chi connectivity index (χ4n) is 2.55. The average Bonchev–Trinajstić information content (AvgIpc) is 2.66. The monoisotopic (exact) mass is 270 g/mol. The number of rotatable bonds is 2. The first-order valence-electron chi connectivity index (χ1n) is 6.49. The second-order valence-electron chi connectivity index (χ2n) is 5.03. The lowest BCUT2D eigenvalue weighted by molar-refractivity contribution is -0.119. The summed E-state index contributed by atoms with van der Waals surface area (Å²) in [5.41, 5.74) is 9.30. The zero-order valence-electron chi connectivity index (χ0n) is 11.1. The zero-order chi connectivity index (χ0) is 14.3. The number of benzene rings is 2. The van der Waals surface area contributed by atoms with Crippen LogP contribution in [-0.2, 0) is 11.3 Å². The summed E-state index contributed by atoms with van der Waals surface area (Å²) in [5, 5.41) is 0. The second-order valence-corrected chi connectivity index (χ2v) is 5.03. The molecule has 0 spiro atoms. The molecule has 0 saturated heterocycles. The lowest BCUT2D eigenvalue weighted by Crippen LogP contribution is -2.31. The fraction of sp³-hybridized carbons (Fsp3) is 0.188. The summed E-state index contributed by atoms with van der Waals surface area (Å²) in [6, 6.07) is 11.4. The van der Waals surface area contributed by atoms with E-state index in [1.54, 1.807) is 11.0 Å². The molecule has 1 amide bonds. The standard InChI is InChI=1S/C16H15FN2O/c1-10-4-2-3-5-11(10)9-19-14-8-12(17)6-7-13(14)15(18)16(19)20/h2-8,15H,9,18H2,1H3. The number of fused-ring (bicyclic) bond motifs is 1. The molecule has 2 aromatic carbocycles. The lowest BCUT2D eigenvalue weighted by Gasteiger charge is -2.19. The Morgan fingerprint density at radius 1 is 1.25 bits per heavy atom. The van der Waals surface area contributed by atoms with Gasteiger partial charge in [0.15, 0.2) is 0 Å². The Morgan fingerprint density at radius 2 is 2.00 bits per heavy atom. The van der Waals surface area contributed by atoms with Crippen molar-refractivity contribution >= 4 is 11.6 Å². The first kappa shape index (κ1) is 12.8. The van der Waals surface area contributed by atoms with Gasteiger partial charge in [0, 0.05) is 5.56 Å². The quantitative estimate of drug-likeness (QED) is 0.912. The molecule has 102 valence electrons. The molecule has 0 fully saturated rings. The fourth-order valence-corrected chi connectivity index (χ4v) is 2.55. The van der Waals surface area contributed by atoms with Crippen molar-refractivity contribution in [2.75, 3.05) is 4.90 Å². The number of anilines is 1. The summed E-state index contributed by atoms with van der Waals surface area (Å²) in [4.78, 5) is 13.8. The highest BCUT2D eigenvalue weighted by Crippen LogP contribution is 2.36. The van der Waals surface area contributed by atoms with Crippen LogP contribution in [0.25, 0.3) is 0 Å². The van der Waals surface area contributed by atoms with Crippen LogP contribution in [0.1, 0.15) is 22.7 Å². The minimum Gasteiger partial charge on any atom is -0.316 e. The van der Waals surface area contributed by atoms with Crippen molar-refractivity contribution in [3.63, 3.8) is 0 Å². The minimum atomic E-state index is -0.699. The summed E-state index contributed by atoms with van der Waals surface area (Å²) in [7, 11) is 0. The highest BCUT2D eigenvalue weighted by molar-refractivity contribution is 6.04. The number of nitrogens with two attached hydrogens (primary N) is 1. The van der Waals surface area contributed by atoms with Gasteiger partial charge in [-0.25, -0.2) is 4.39 Å². The Balaban J connectivity index is 2.01. The van der Waals surface area contributed by atoms with E-state index < -0.39 is 6.04 Å². The maximum atomic E-state index is 13.4. The van der Waals surface area contributed by atoms with E-state index in [0.717, 1.165) is 11.1 Å². The smallest absolute Gasteiger partial charge is 0.248 e. The average molecular weight is 270 g/mol. The molecule has 20 heavy (non-hydrogen) atoms. The molecule has 1 atom stereocenters. The van der Waals surface area contributed by atoms with Gasteiger partial charge in [-0.1, -0.05) is 30.3 Å². The number of hydrogen-bond acceptors (Lipinski definition) is 2. The van der Waals surface area contributed by atoms with E-state index >= 15 is 0 Å². The van der Waals surface area contributed by atoms with Crippen LogP contribution in [0.2, 0.25) is 0 Å². The molecule has 3 nitrogen and oxygen atoms in total. The third-order valence-corrected chi connectivity index (χ3v) is 3.74. The normalized spacial score (nSPS) is 17.4. The molecule has 4 heteroatoms. The van der Waals surface area contributed by atoms with Gasteiger partial charge < -0.3 is 10.6 Å². The van der Waals surface area contributed by atoms with Crippen molar-refractivity contribution < 1.29 is 9.18 Å². The van der Waals surface area contributed by atoms with Gasteiger partial charge in [-0.3, -0.25) is 4.79 Å². The number of nitrogens with zero attached hydrogens (tertiary/aromatic N) is 1. The Bertz CT molecular complexity index is 684. The molecule has 3 rings (SSSR count). The molecule has 2 N–H and O–H groups in total. The Morgan fingerprint density at radius 3 is 2.75 bits per heavy atom. The van der Waals surface area contributed by atoms with E-state index in [1.165, 1.54) is 12.1 Å². The first-order valence-corrected chi connectivity index (χ1v) is 6.49. The number of hydrogen-bond donors (Lipinski definition) is 1. The molecule has 1 aliphatic rings. The number of carbonyl (C=O) groups excluding carboxylic acids is 1. The van der Waals surface area contributed by atoms with E-state index in [9.17, 15) is 9.18 Å². The molecular formula is C16H15FN2O. The molecule has 1 heterocycles. The van der Waals surface area contributed by atoms with Gasteiger partial charge in [0.1, 0.15) is 11.9 Å². The van der Waals surface area contributed by atoms with Crippen molar-refractivity contribution in [1.82, 2.24) is 0 Å². The van der Waals surface area contributed by atoms with Crippen molar-refractivity contribution in [3.8, 4) is 0 Å². The highest BCUT2D eigenvalue weighted by Gasteiger charge is 2.35. The molecule has 2 aromatic rings. The molecule has 1 unspecified atom stereocenters. The van der Waals surface area contributed by atoms with E-state index in [1.807, 2.05) is 31.2 Å². The van der Waals surface area contributed by atoms with Crippen LogP contribution in [0, 0.1) is 12.7 Å². The van der Waals surface area contributed by atoms with Gasteiger partial charge >= 0.3 is 0 Å². The van der Waals surface area contributed by atoms with Gasteiger partial charge in [-0.15, -0.1) is 0 Å². The van der Waals surface area contributed by atoms with E-state index in [4.69, 9.17) is 5.73 Å². The van der Waals surface area contributed by atoms with Crippen molar-refractivity contribution in [2.45, 2.75) is 19.5 Å². The molecule has 1 aliphatic heterocycles. The van der Waals surface area contributed by atoms with Gasteiger partial charge in [-0.05, 0) is 30.2 Å². The Labute approximate surface area is 116 Å². The predicted octanol–water partition coefficient (Wildman–Crippen LogP) is 2.68. The molecule has 0 saturated carbocycles. The molecule has 0 aliphatic carbocycles. The van der Waals surface area contributed by atoms with Gasteiger partial charge in [0.25, 0.3) is 0 Å². The van der Waals surface area contributed by atoms with Gasteiger partial charge in [0.05, 0.1) is 12.2 Å². The summed E-state index contributed by atoms with van der Waals surface area (Å²) >= 11 is 0. The molecule has 0 radical (unpaired) electrons. The van der Waals surface area contributed by atoms with Crippen LogP contribution in [-0.4, -0.2) is 5.91 Å². The topological polar surface area (TPSA) is 46.3 Å². The van der Waals surface area contributed by atoms with Crippen molar-refractivity contribution in [2.24, 2.45) is 5.73 Å². The van der Waals surface area contributed by atoms with E-state index in [0.29, 0.717) is 17.8 Å². The van der Waals surface area contributed by atoms with Crippen LogP contribution in [0.5, 0.6) is 0 Å².